The summed E-state index contributed by atoms with van der Waals surface area (Å²) in [6.07, 6.45) is 6.01. The second-order valence-corrected chi connectivity index (χ2v) is 12.2. The summed E-state index contributed by atoms with van der Waals surface area (Å²) in [5.74, 6) is -0.159. The minimum absolute atomic E-state index is 0.279. The Hall–Kier alpha value is -5.16. The third kappa shape index (κ3) is 10.4. The van der Waals surface area contributed by atoms with Crippen LogP contribution < -0.4 is 41.3 Å². The molecule has 0 amide bonds. The molecule has 264 valence electrons. The zero-order valence-electron chi connectivity index (χ0n) is 27.5. The normalized spacial score (nSPS) is 17.1. The SMILES string of the molecule is C[NH+](CCC[NH+](C)Cc1occc(=O)c1O)Cc1occc(=O)c1O.O=c1ccoc(C[NH+]2CC[NH+](Cc3occc(=O)c3O)CC2)c1O. The minimum Gasteiger partial charge on any atom is -0.502 e. The van der Waals surface area contributed by atoms with Gasteiger partial charge in [-0.15, -0.1) is 0 Å². The van der Waals surface area contributed by atoms with Gasteiger partial charge in [-0.2, -0.15) is 0 Å². The van der Waals surface area contributed by atoms with Crippen molar-refractivity contribution in [1.29, 1.82) is 0 Å². The highest BCUT2D eigenvalue weighted by molar-refractivity contribution is 5.23. The van der Waals surface area contributed by atoms with Gasteiger partial charge < -0.3 is 57.7 Å². The Labute approximate surface area is 279 Å². The molecule has 49 heavy (non-hydrogen) atoms. The molecule has 16 nitrogen and oxygen atoms in total. The third-order valence-corrected chi connectivity index (χ3v) is 8.33. The molecule has 2 atom stereocenters. The van der Waals surface area contributed by atoms with Crippen LogP contribution in [0.2, 0.25) is 0 Å². The average molecular weight is 689 g/mol. The fraction of sp³-hybridized carbons (Fsp3) is 0.394. The minimum atomic E-state index is -0.442. The fourth-order valence-corrected chi connectivity index (χ4v) is 5.48. The zero-order chi connectivity index (χ0) is 35.5. The van der Waals surface area contributed by atoms with Crippen molar-refractivity contribution in [2.24, 2.45) is 0 Å². The Bertz CT molecular complexity index is 1770. The molecule has 1 aliphatic heterocycles. The predicted octanol–water partition coefficient (Wildman–Crippen LogP) is -4.39. The van der Waals surface area contributed by atoms with E-state index in [4.69, 9.17) is 17.7 Å². The summed E-state index contributed by atoms with van der Waals surface area (Å²) in [6, 6.07) is 4.75. The first-order valence-electron chi connectivity index (χ1n) is 15.9. The second kappa shape index (κ2) is 17.3. The lowest BCUT2D eigenvalue weighted by Crippen LogP contribution is -3.27. The zero-order valence-corrected chi connectivity index (χ0v) is 27.5. The van der Waals surface area contributed by atoms with Crippen molar-refractivity contribution >= 4 is 0 Å². The van der Waals surface area contributed by atoms with Gasteiger partial charge in [0.05, 0.1) is 52.2 Å². The van der Waals surface area contributed by atoms with E-state index in [2.05, 4.69) is 0 Å². The highest BCUT2D eigenvalue weighted by atomic mass is 16.4. The Balaban J connectivity index is 0.000000221. The van der Waals surface area contributed by atoms with Crippen LogP contribution in [0.3, 0.4) is 0 Å². The van der Waals surface area contributed by atoms with Gasteiger partial charge in [0.2, 0.25) is 67.8 Å². The summed E-state index contributed by atoms with van der Waals surface area (Å²) in [6.45, 7) is 6.57. The molecular weight excluding hydrogens is 644 g/mol. The van der Waals surface area contributed by atoms with Gasteiger partial charge in [0, 0.05) is 30.7 Å². The highest BCUT2D eigenvalue weighted by Gasteiger charge is 2.27. The van der Waals surface area contributed by atoms with Crippen LogP contribution in [-0.4, -0.2) is 73.8 Å². The molecule has 8 N–H and O–H groups in total. The standard InChI is InChI=1S/C17H22N2O6.C16H18N2O6/c1-18(10-14-16(22)12(20)4-8-24-14)6-3-7-19(2)11-15-17(23)13(21)5-9-25-15;19-11-1-7-23-13(15(11)21)9-17-3-5-18(6-4-17)10-14-16(22)12(20)2-8-24-14/h4-5,8-9,22-23H,3,6-7,10-11H2,1-2H3;1-2,7-8,21-22H,3-6,9-10H2/p+4. The Kier molecular flexibility index (Phi) is 12.9. The average Bonchev–Trinajstić information content (AvgIpc) is 3.07. The molecule has 16 heteroatoms. The van der Waals surface area contributed by atoms with Crippen molar-refractivity contribution in [2.45, 2.75) is 32.6 Å². The lowest BCUT2D eigenvalue weighted by Gasteiger charge is -2.29. The lowest BCUT2D eigenvalue weighted by molar-refractivity contribution is -1.03. The van der Waals surface area contributed by atoms with E-state index in [0.29, 0.717) is 37.7 Å². The first-order valence-corrected chi connectivity index (χ1v) is 15.9. The summed E-state index contributed by atoms with van der Waals surface area (Å²) < 4.78 is 20.9. The molecule has 5 rings (SSSR count). The van der Waals surface area contributed by atoms with Crippen molar-refractivity contribution in [3.05, 3.63) is 113 Å². The van der Waals surface area contributed by atoms with Crippen LogP contribution in [0.15, 0.2) is 86.2 Å². The molecule has 0 bridgehead atoms. The van der Waals surface area contributed by atoms with Crippen molar-refractivity contribution in [3.63, 3.8) is 0 Å². The Morgan fingerprint density at radius 2 is 0.816 bits per heavy atom. The van der Waals surface area contributed by atoms with Gasteiger partial charge >= 0.3 is 0 Å². The number of piperazine rings is 1. The molecule has 0 aromatic carbocycles. The van der Waals surface area contributed by atoms with E-state index in [-0.39, 0.29) is 34.5 Å². The van der Waals surface area contributed by atoms with Crippen LogP contribution in [0.5, 0.6) is 23.0 Å². The second-order valence-electron chi connectivity index (χ2n) is 12.2. The van der Waals surface area contributed by atoms with E-state index < -0.39 is 21.7 Å². The molecule has 1 saturated heterocycles. The molecule has 0 aliphatic carbocycles. The molecule has 1 aliphatic rings. The highest BCUT2D eigenvalue weighted by Crippen LogP contribution is 2.11. The monoisotopic (exact) mass is 688 g/mol. The largest absolute Gasteiger partial charge is 0.502 e. The molecule has 4 aromatic heterocycles. The van der Waals surface area contributed by atoms with Crippen molar-refractivity contribution in [1.82, 2.24) is 0 Å². The predicted molar refractivity (Wildman–Crippen MR) is 171 cm³/mol. The summed E-state index contributed by atoms with van der Waals surface area (Å²) >= 11 is 0. The van der Waals surface area contributed by atoms with Gasteiger partial charge in [0.25, 0.3) is 0 Å². The van der Waals surface area contributed by atoms with E-state index >= 15 is 0 Å². The first-order chi connectivity index (χ1) is 23.4. The maximum atomic E-state index is 11.4. The molecule has 0 saturated carbocycles. The number of rotatable bonds is 12. The number of nitrogens with one attached hydrogen (secondary N) is 4. The molecule has 0 spiro atoms. The molecule has 4 aromatic rings. The van der Waals surface area contributed by atoms with Crippen molar-refractivity contribution in [2.75, 3.05) is 53.4 Å². The van der Waals surface area contributed by atoms with Crippen molar-refractivity contribution < 1.29 is 57.7 Å². The smallest absolute Gasteiger partial charge is 0.227 e. The first kappa shape index (κ1) is 36.7. The van der Waals surface area contributed by atoms with Crippen molar-refractivity contribution in [3.8, 4) is 23.0 Å². The van der Waals surface area contributed by atoms with Gasteiger partial charge in [-0.1, -0.05) is 0 Å². The summed E-state index contributed by atoms with van der Waals surface area (Å²) in [5, 5.41) is 38.9. The van der Waals surface area contributed by atoms with Crippen LogP contribution in [0.25, 0.3) is 0 Å². The lowest BCUT2D eigenvalue weighted by atomic mass is 10.2. The maximum Gasteiger partial charge on any atom is 0.227 e. The number of hydrogen-bond donors (Lipinski definition) is 8. The maximum absolute atomic E-state index is 11.4. The quantitative estimate of drug-likeness (QED) is 0.0708. The van der Waals surface area contributed by atoms with E-state index in [1.807, 2.05) is 14.1 Å². The van der Waals surface area contributed by atoms with E-state index in [9.17, 15) is 39.6 Å². The molecule has 1 fully saturated rings. The van der Waals surface area contributed by atoms with E-state index in [1.54, 1.807) is 0 Å². The molecular formula is C33H44N4O12+4. The summed E-state index contributed by atoms with van der Waals surface area (Å²) in [5.41, 5.74) is -1.76. The molecule has 2 unspecified atom stereocenters. The van der Waals surface area contributed by atoms with Crippen LogP contribution in [-0.2, 0) is 26.2 Å². The van der Waals surface area contributed by atoms with Crippen LogP contribution >= 0.6 is 0 Å². The number of quaternary nitrogens is 4. The summed E-state index contributed by atoms with van der Waals surface area (Å²) in [7, 11) is 3.90. The Morgan fingerprint density at radius 3 is 1.14 bits per heavy atom. The van der Waals surface area contributed by atoms with Crippen LogP contribution in [0.4, 0.5) is 0 Å². The van der Waals surface area contributed by atoms with Gasteiger partial charge in [-0.25, -0.2) is 0 Å². The van der Waals surface area contributed by atoms with Gasteiger partial charge in [-0.05, 0) is 0 Å². The van der Waals surface area contributed by atoms with Crippen LogP contribution in [0.1, 0.15) is 29.5 Å². The van der Waals surface area contributed by atoms with Gasteiger partial charge in [0.1, 0.15) is 52.4 Å². The fourth-order valence-electron chi connectivity index (χ4n) is 5.48. The van der Waals surface area contributed by atoms with Gasteiger partial charge in [0.15, 0.2) is 0 Å². The number of hydrogen-bond acceptors (Lipinski definition) is 12. The third-order valence-electron chi connectivity index (χ3n) is 8.33. The van der Waals surface area contributed by atoms with E-state index in [0.717, 1.165) is 55.5 Å². The Morgan fingerprint density at radius 1 is 0.531 bits per heavy atom. The summed E-state index contributed by atoms with van der Waals surface area (Å²) in [4.78, 5) is 50.1. The topological polar surface area (TPSA) is 220 Å². The number of aromatic hydroxyl groups is 4. The molecule has 0 radical (unpaired) electrons. The van der Waals surface area contributed by atoms with Gasteiger partial charge in [-0.3, -0.25) is 19.2 Å². The van der Waals surface area contributed by atoms with E-state index in [1.165, 1.54) is 59.1 Å². The molecule has 5 heterocycles. The van der Waals surface area contributed by atoms with Crippen LogP contribution in [0, 0.1) is 0 Å².